The molecule has 0 atom stereocenters. The molecule has 2 N–H and O–H groups in total. The van der Waals surface area contributed by atoms with E-state index in [4.69, 9.17) is 0 Å². The summed E-state index contributed by atoms with van der Waals surface area (Å²) in [6.07, 6.45) is 3.06. The van der Waals surface area contributed by atoms with Crippen LogP contribution in [0.4, 0.5) is 11.4 Å². The van der Waals surface area contributed by atoms with Gasteiger partial charge in [-0.3, -0.25) is 19.7 Å². The zero-order valence-corrected chi connectivity index (χ0v) is 13.6. The smallest absolute Gasteiger partial charge is 0.269 e. The molecule has 0 unspecified atom stereocenters. The average Bonchev–Trinajstić information content (AvgIpc) is 2.59. The van der Waals surface area contributed by atoms with Crippen LogP contribution in [-0.4, -0.2) is 16.7 Å². The highest BCUT2D eigenvalue weighted by atomic mass is 16.6. The summed E-state index contributed by atoms with van der Waals surface area (Å²) < 4.78 is 0. The second kappa shape index (κ2) is 8.39. The third-order valence-electron chi connectivity index (χ3n) is 3.27. The fourth-order valence-corrected chi connectivity index (χ4v) is 2.04. The number of nitrogens with one attached hydrogen (secondary N) is 2. The quantitative estimate of drug-likeness (QED) is 0.480. The first-order valence-electron chi connectivity index (χ1n) is 7.51. The van der Waals surface area contributed by atoms with E-state index in [0.717, 1.165) is 11.1 Å². The van der Waals surface area contributed by atoms with Gasteiger partial charge in [0.15, 0.2) is 0 Å². The van der Waals surface area contributed by atoms with E-state index in [1.54, 1.807) is 42.5 Å². The molecular weight excluding hydrogens is 322 g/mol. The zero-order chi connectivity index (χ0) is 18.2. The molecule has 0 saturated heterocycles. The molecule has 25 heavy (non-hydrogen) atoms. The second-order valence-corrected chi connectivity index (χ2v) is 5.28. The van der Waals surface area contributed by atoms with Crippen molar-refractivity contribution in [2.75, 3.05) is 5.32 Å². The summed E-state index contributed by atoms with van der Waals surface area (Å²) in [6.45, 7) is 1.71. The fraction of sp³-hybridized carbons (Fsp3) is 0.111. The standard InChI is InChI=1S/C18H17N3O4/c1-13(22)20-16-7-2-14(3-8-16)6-11-18(23)19-12-15-4-9-17(10-5-15)21(24)25/h2-11H,12H2,1H3,(H,19,23)(H,20,22)/b11-6+. The van der Waals surface area contributed by atoms with Gasteiger partial charge in [-0.05, 0) is 29.3 Å². The van der Waals surface area contributed by atoms with Crippen LogP contribution in [-0.2, 0) is 16.1 Å². The molecule has 0 aliphatic heterocycles. The normalized spacial score (nSPS) is 10.4. The first-order chi connectivity index (χ1) is 11.9. The lowest BCUT2D eigenvalue weighted by molar-refractivity contribution is -0.384. The molecule has 0 spiro atoms. The van der Waals surface area contributed by atoms with Crippen LogP contribution in [0.1, 0.15) is 18.1 Å². The maximum atomic E-state index is 11.8. The molecule has 0 aromatic heterocycles. The molecule has 7 nitrogen and oxygen atoms in total. The van der Waals surface area contributed by atoms with Crippen LogP contribution in [0.2, 0.25) is 0 Å². The second-order valence-electron chi connectivity index (χ2n) is 5.28. The van der Waals surface area contributed by atoms with Crippen LogP contribution >= 0.6 is 0 Å². The molecule has 0 aliphatic carbocycles. The Balaban J connectivity index is 1.85. The number of amides is 2. The minimum Gasteiger partial charge on any atom is -0.348 e. The molecule has 0 fully saturated rings. The Morgan fingerprint density at radius 2 is 1.72 bits per heavy atom. The minimum atomic E-state index is -0.470. The number of hydrogen-bond donors (Lipinski definition) is 2. The van der Waals surface area contributed by atoms with Gasteiger partial charge in [0.05, 0.1) is 4.92 Å². The topological polar surface area (TPSA) is 101 Å². The number of non-ortho nitro benzene ring substituents is 1. The van der Waals surface area contributed by atoms with Crippen molar-refractivity contribution in [2.45, 2.75) is 13.5 Å². The van der Waals surface area contributed by atoms with Crippen molar-refractivity contribution in [1.82, 2.24) is 5.32 Å². The molecule has 0 radical (unpaired) electrons. The first-order valence-corrected chi connectivity index (χ1v) is 7.51. The van der Waals surface area contributed by atoms with E-state index >= 15 is 0 Å². The molecule has 0 heterocycles. The van der Waals surface area contributed by atoms with Gasteiger partial charge in [-0.15, -0.1) is 0 Å². The first kappa shape index (κ1) is 17.9. The Labute approximate surface area is 144 Å². The van der Waals surface area contributed by atoms with Gasteiger partial charge in [0, 0.05) is 37.4 Å². The molecule has 0 bridgehead atoms. The average molecular weight is 339 g/mol. The number of nitrogens with zero attached hydrogens (tertiary/aromatic N) is 1. The molecule has 128 valence electrons. The minimum absolute atomic E-state index is 0.0117. The van der Waals surface area contributed by atoms with Crippen molar-refractivity contribution < 1.29 is 14.5 Å². The van der Waals surface area contributed by atoms with Crippen molar-refractivity contribution in [3.05, 3.63) is 75.8 Å². The highest BCUT2D eigenvalue weighted by Gasteiger charge is 2.04. The number of hydrogen-bond acceptors (Lipinski definition) is 4. The third-order valence-corrected chi connectivity index (χ3v) is 3.27. The van der Waals surface area contributed by atoms with E-state index < -0.39 is 4.92 Å². The summed E-state index contributed by atoms with van der Waals surface area (Å²) in [7, 11) is 0. The van der Waals surface area contributed by atoms with Crippen molar-refractivity contribution in [2.24, 2.45) is 0 Å². The van der Waals surface area contributed by atoms with Gasteiger partial charge in [0.1, 0.15) is 0 Å². The van der Waals surface area contributed by atoms with Gasteiger partial charge in [-0.25, -0.2) is 0 Å². The van der Waals surface area contributed by atoms with Gasteiger partial charge in [-0.1, -0.05) is 24.3 Å². The summed E-state index contributed by atoms with van der Waals surface area (Å²) in [5.74, 6) is -0.418. The third kappa shape index (κ3) is 5.91. The SMILES string of the molecule is CC(=O)Nc1ccc(/C=C/C(=O)NCc2ccc([N+](=O)[O-])cc2)cc1. The number of anilines is 1. The van der Waals surface area contributed by atoms with Crippen LogP contribution in [0.15, 0.2) is 54.6 Å². The number of rotatable bonds is 6. The Morgan fingerprint density at radius 1 is 1.08 bits per heavy atom. The maximum Gasteiger partial charge on any atom is 0.269 e. The lowest BCUT2D eigenvalue weighted by Crippen LogP contribution is -2.20. The van der Waals surface area contributed by atoms with Crippen molar-refractivity contribution in [3.8, 4) is 0 Å². The summed E-state index contributed by atoms with van der Waals surface area (Å²) in [6, 6.07) is 13.1. The molecule has 2 rings (SSSR count). The fourth-order valence-electron chi connectivity index (χ4n) is 2.04. The van der Waals surface area contributed by atoms with Crippen LogP contribution in [0.3, 0.4) is 0 Å². The molecule has 2 aromatic carbocycles. The highest BCUT2D eigenvalue weighted by molar-refractivity contribution is 5.92. The van der Waals surface area contributed by atoms with E-state index in [1.807, 2.05) is 0 Å². The lowest BCUT2D eigenvalue weighted by Gasteiger charge is -2.03. The van der Waals surface area contributed by atoms with Crippen molar-refractivity contribution in [1.29, 1.82) is 0 Å². The zero-order valence-electron chi connectivity index (χ0n) is 13.6. The van der Waals surface area contributed by atoms with Crippen molar-refractivity contribution >= 4 is 29.3 Å². The number of nitro benzene ring substituents is 1. The molecule has 2 aromatic rings. The van der Waals surface area contributed by atoms with Crippen molar-refractivity contribution in [3.63, 3.8) is 0 Å². The number of benzene rings is 2. The number of carbonyl (C=O) groups is 2. The molecule has 7 heteroatoms. The number of nitro groups is 1. The van der Waals surface area contributed by atoms with Crippen LogP contribution in [0, 0.1) is 10.1 Å². The summed E-state index contributed by atoms with van der Waals surface area (Å²) in [5, 5.41) is 15.9. The van der Waals surface area contributed by atoms with E-state index in [9.17, 15) is 19.7 Å². The molecule has 0 aliphatic rings. The Kier molecular flexibility index (Phi) is 6.00. The molecular formula is C18H17N3O4. The summed E-state index contributed by atoms with van der Waals surface area (Å²) in [4.78, 5) is 32.9. The van der Waals surface area contributed by atoms with Gasteiger partial charge in [0.2, 0.25) is 11.8 Å². The monoisotopic (exact) mass is 339 g/mol. The predicted molar refractivity (Wildman–Crippen MR) is 94.7 cm³/mol. The van der Waals surface area contributed by atoms with E-state index in [1.165, 1.54) is 25.1 Å². The highest BCUT2D eigenvalue weighted by Crippen LogP contribution is 2.12. The van der Waals surface area contributed by atoms with E-state index in [0.29, 0.717) is 5.69 Å². The Morgan fingerprint density at radius 3 is 2.28 bits per heavy atom. The Bertz CT molecular complexity index is 796. The molecule has 2 amide bonds. The van der Waals surface area contributed by atoms with E-state index in [-0.39, 0.29) is 24.0 Å². The van der Waals surface area contributed by atoms with Gasteiger partial charge in [-0.2, -0.15) is 0 Å². The van der Waals surface area contributed by atoms with Gasteiger partial charge >= 0.3 is 0 Å². The van der Waals surface area contributed by atoms with E-state index in [2.05, 4.69) is 10.6 Å². The lowest BCUT2D eigenvalue weighted by atomic mass is 10.2. The summed E-state index contributed by atoms with van der Waals surface area (Å²) >= 11 is 0. The Hall–Kier alpha value is -3.48. The largest absolute Gasteiger partial charge is 0.348 e. The maximum absolute atomic E-state index is 11.8. The number of carbonyl (C=O) groups excluding carboxylic acids is 2. The van der Waals surface area contributed by atoms with Crippen LogP contribution in [0.5, 0.6) is 0 Å². The van der Waals surface area contributed by atoms with Crippen LogP contribution in [0.25, 0.3) is 6.08 Å². The van der Waals surface area contributed by atoms with Gasteiger partial charge in [0.25, 0.3) is 5.69 Å². The summed E-state index contributed by atoms with van der Waals surface area (Å²) in [5.41, 5.74) is 2.29. The van der Waals surface area contributed by atoms with Crippen LogP contribution < -0.4 is 10.6 Å². The molecule has 0 saturated carbocycles. The predicted octanol–water partition coefficient (Wildman–Crippen LogP) is 2.88. The van der Waals surface area contributed by atoms with Gasteiger partial charge < -0.3 is 10.6 Å².